The number of hydrogen-bond donors (Lipinski definition) is 2. The van der Waals surface area contributed by atoms with E-state index in [4.69, 9.17) is 19.8 Å². The average molecular weight is 277 g/mol. The summed E-state index contributed by atoms with van der Waals surface area (Å²) in [5.41, 5.74) is 3.10. The molecule has 1 aromatic heterocycles. The second kappa shape index (κ2) is 6.69. The van der Waals surface area contributed by atoms with Crippen LogP contribution in [0, 0.1) is 0 Å². The zero-order valence-electron chi connectivity index (χ0n) is 11.0. The maximum absolute atomic E-state index is 11.2. The Kier molecular flexibility index (Phi) is 4.70. The second-order valence-corrected chi connectivity index (χ2v) is 3.99. The van der Waals surface area contributed by atoms with E-state index < -0.39 is 5.91 Å². The lowest BCUT2D eigenvalue weighted by Gasteiger charge is -2.03. The van der Waals surface area contributed by atoms with Gasteiger partial charge in [0.15, 0.2) is 11.5 Å². The number of ether oxygens (including phenoxy) is 2. The zero-order valence-corrected chi connectivity index (χ0v) is 11.0. The summed E-state index contributed by atoms with van der Waals surface area (Å²) in [6, 6.07) is 9.02. The molecule has 0 aliphatic rings. The molecule has 0 unspecified atom stereocenters. The third-order valence-corrected chi connectivity index (χ3v) is 2.59. The minimum atomic E-state index is -0.504. The molecule has 0 saturated heterocycles. The smallest absolute Gasteiger partial charge is 0.287 e. The Bertz CT molecular complexity index is 565. The first-order chi connectivity index (χ1) is 9.72. The molecule has 0 spiro atoms. The lowest BCUT2D eigenvalue weighted by molar-refractivity contribution is 0.0877. The predicted molar refractivity (Wildman–Crippen MR) is 69.6 cm³/mol. The lowest BCUT2D eigenvalue weighted by atomic mass is 10.2. The Hall–Kier alpha value is -2.38. The number of nitrogen functional groups attached to an aromatic ring is 1. The van der Waals surface area contributed by atoms with Gasteiger partial charge < -0.3 is 14.0 Å². The van der Waals surface area contributed by atoms with E-state index >= 15 is 0 Å². The van der Waals surface area contributed by atoms with E-state index in [0.717, 1.165) is 11.3 Å². The zero-order chi connectivity index (χ0) is 14.4. The summed E-state index contributed by atoms with van der Waals surface area (Å²) in [6.07, 6.45) is 0. The number of rotatable bonds is 6. The summed E-state index contributed by atoms with van der Waals surface area (Å²) in [6.45, 7) is 0.639. The summed E-state index contributed by atoms with van der Waals surface area (Å²) in [5.74, 6) is 5.73. The standard InChI is InChI=1S/C13H15N3O4/c1-18-10-4-2-9(3-5-10)7-19-8-11-6-12(16-20-11)13(17)15-14/h2-6H,7-8,14H2,1H3,(H,15,17). The molecule has 2 aromatic rings. The fourth-order valence-corrected chi connectivity index (χ4v) is 1.55. The SMILES string of the molecule is COc1ccc(COCc2cc(C(=O)NN)no2)cc1. The fourth-order valence-electron chi connectivity index (χ4n) is 1.55. The quantitative estimate of drug-likeness (QED) is 0.464. The number of aromatic nitrogens is 1. The van der Waals surface area contributed by atoms with Crippen molar-refractivity contribution in [3.8, 4) is 5.75 Å². The number of carbonyl (C=O) groups is 1. The van der Waals surface area contributed by atoms with Gasteiger partial charge in [-0.05, 0) is 17.7 Å². The number of carbonyl (C=O) groups excluding carboxylic acids is 1. The molecule has 1 amide bonds. The van der Waals surface area contributed by atoms with Crippen molar-refractivity contribution in [2.24, 2.45) is 5.84 Å². The minimum Gasteiger partial charge on any atom is -0.497 e. The summed E-state index contributed by atoms with van der Waals surface area (Å²) < 4.78 is 15.5. The monoisotopic (exact) mass is 277 g/mol. The minimum absolute atomic E-state index is 0.121. The van der Waals surface area contributed by atoms with Crippen molar-refractivity contribution >= 4 is 5.91 Å². The van der Waals surface area contributed by atoms with Gasteiger partial charge in [-0.1, -0.05) is 17.3 Å². The van der Waals surface area contributed by atoms with Crippen molar-refractivity contribution in [2.45, 2.75) is 13.2 Å². The molecule has 3 N–H and O–H groups in total. The molecule has 0 aliphatic heterocycles. The number of benzene rings is 1. The molecule has 0 aliphatic carbocycles. The lowest BCUT2D eigenvalue weighted by Crippen LogP contribution is -2.30. The van der Waals surface area contributed by atoms with Gasteiger partial charge >= 0.3 is 0 Å². The maximum atomic E-state index is 11.2. The van der Waals surface area contributed by atoms with Crippen LogP contribution < -0.4 is 16.0 Å². The summed E-state index contributed by atoms with van der Waals surface area (Å²) in [4.78, 5) is 11.2. The van der Waals surface area contributed by atoms with Gasteiger partial charge in [0.1, 0.15) is 12.4 Å². The summed E-state index contributed by atoms with van der Waals surface area (Å²) >= 11 is 0. The maximum Gasteiger partial charge on any atom is 0.287 e. The van der Waals surface area contributed by atoms with Crippen molar-refractivity contribution in [3.63, 3.8) is 0 Å². The number of nitrogens with two attached hydrogens (primary N) is 1. The number of methoxy groups -OCH3 is 1. The highest BCUT2D eigenvalue weighted by Gasteiger charge is 2.10. The molecule has 7 nitrogen and oxygen atoms in total. The molecule has 1 aromatic carbocycles. The van der Waals surface area contributed by atoms with E-state index in [0.29, 0.717) is 12.4 Å². The summed E-state index contributed by atoms with van der Waals surface area (Å²) in [5, 5.41) is 3.57. The van der Waals surface area contributed by atoms with Crippen LogP contribution in [0.25, 0.3) is 0 Å². The second-order valence-electron chi connectivity index (χ2n) is 3.99. The average Bonchev–Trinajstić information content (AvgIpc) is 2.96. The Morgan fingerprint density at radius 2 is 2.10 bits per heavy atom. The Morgan fingerprint density at radius 3 is 2.75 bits per heavy atom. The van der Waals surface area contributed by atoms with Gasteiger partial charge in [0.25, 0.3) is 5.91 Å². The highest BCUT2D eigenvalue weighted by atomic mass is 16.5. The van der Waals surface area contributed by atoms with Crippen LogP contribution >= 0.6 is 0 Å². The molecule has 0 radical (unpaired) electrons. The van der Waals surface area contributed by atoms with Crippen molar-refractivity contribution in [2.75, 3.05) is 7.11 Å². The Morgan fingerprint density at radius 1 is 1.35 bits per heavy atom. The van der Waals surface area contributed by atoms with Crippen molar-refractivity contribution in [3.05, 3.63) is 47.3 Å². The molecule has 106 valence electrons. The largest absolute Gasteiger partial charge is 0.497 e. The molecular weight excluding hydrogens is 262 g/mol. The Balaban J connectivity index is 1.83. The van der Waals surface area contributed by atoms with Gasteiger partial charge in [-0.25, -0.2) is 5.84 Å². The van der Waals surface area contributed by atoms with E-state index in [-0.39, 0.29) is 12.3 Å². The first-order valence-corrected chi connectivity index (χ1v) is 5.90. The van der Waals surface area contributed by atoms with Crippen LogP contribution in [0.3, 0.4) is 0 Å². The normalized spacial score (nSPS) is 10.3. The molecule has 0 fully saturated rings. The number of hydrogen-bond acceptors (Lipinski definition) is 6. The van der Waals surface area contributed by atoms with Crippen LogP contribution in [0.2, 0.25) is 0 Å². The first-order valence-electron chi connectivity index (χ1n) is 5.90. The van der Waals surface area contributed by atoms with Gasteiger partial charge in [-0.15, -0.1) is 0 Å². The number of hydrazine groups is 1. The van der Waals surface area contributed by atoms with Crippen LogP contribution in [0.15, 0.2) is 34.9 Å². The van der Waals surface area contributed by atoms with E-state index in [1.54, 1.807) is 7.11 Å². The predicted octanol–water partition coefficient (Wildman–Crippen LogP) is 1.00. The van der Waals surface area contributed by atoms with Crippen LogP contribution in [0.4, 0.5) is 0 Å². The molecule has 0 atom stereocenters. The number of amides is 1. The fraction of sp³-hybridized carbons (Fsp3) is 0.231. The van der Waals surface area contributed by atoms with Crippen LogP contribution in [-0.2, 0) is 18.0 Å². The van der Waals surface area contributed by atoms with Crippen LogP contribution in [0.5, 0.6) is 5.75 Å². The molecule has 20 heavy (non-hydrogen) atoms. The van der Waals surface area contributed by atoms with Gasteiger partial charge in [-0.3, -0.25) is 10.2 Å². The highest BCUT2D eigenvalue weighted by Crippen LogP contribution is 2.13. The van der Waals surface area contributed by atoms with Gasteiger partial charge in [-0.2, -0.15) is 0 Å². The molecule has 0 bridgehead atoms. The third kappa shape index (κ3) is 3.56. The summed E-state index contributed by atoms with van der Waals surface area (Å²) in [7, 11) is 1.62. The van der Waals surface area contributed by atoms with E-state index in [2.05, 4.69) is 5.16 Å². The topological polar surface area (TPSA) is 99.6 Å². The molecule has 7 heteroatoms. The number of nitrogens with one attached hydrogen (secondary N) is 1. The molecule has 2 rings (SSSR count). The molecule has 0 saturated carbocycles. The Labute approximate surface area is 115 Å². The third-order valence-electron chi connectivity index (χ3n) is 2.59. The van der Waals surface area contributed by atoms with Gasteiger partial charge in [0.2, 0.25) is 0 Å². The first kappa shape index (κ1) is 14.0. The van der Waals surface area contributed by atoms with E-state index in [1.807, 2.05) is 29.7 Å². The van der Waals surface area contributed by atoms with Gasteiger partial charge in [0.05, 0.1) is 13.7 Å². The highest BCUT2D eigenvalue weighted by molar-refractivity contribution is 5.91. The molecule has 1 heterocycles. The van der Waals surface area contributed by atoms with Crippen LogP contribution in [-0.4, -0.2) is 18.2 Å². The number of nitrogens with zero attached hydrogens (tertiary/aromatic N) is 1. The van der Waals surface area contributed by atoms with Gasteiger partial charge in [0, 0.05) is 6.07 Å². The van der Waals surface area contributed by atoms with Crippen molar-refractivity contribution in [1.29, 1.82) is 0 Å². The van der Waals surface area contributed by atoms with E-state index in [1.165, 1.54) is 6.07 Å². The van der Waals surface area contributed by atoms with Crippen molar-refractivity contribution < 1.29 is 18.8 Å². The van der Waals surface area contributed by atoms with Crippen LogP contribution in [0.1, 0.15) is 21.8 Å². The molecular formula is C13H15N3O4. The van der Waals surface area contributed by atoms with Crippen molar-refractivity contribution in [1.82, 2.24) is 10.6 Å². The van der Waals surface area contributed by atoms with E-state index in [9.17, 15) is 4.79 Å².